The average molecular weight is 262 g/mol. The number of thiophene rings is 1. The zero-order valence-corrected chi connectivity index (χ0v) is 10.8. The van der Waals surface area contributed by atoms with Crippen LogP contribution in [-0.4, -0.2) is 11.7 Å². The number of nitrogens with one attached hydrogen (secondary N) is 1. The van der Waals surface area contributed by atoms with Crippen molar-refractivity contribution in [2.45, 2.75) is 19.1 Å². The number of aliphatic hydroxyl groups is 1. The maximum Gasteiger partial charge on any atom is 0.133 e. The maximum atomic E-state index is 9.85. The Labute approximate surface area is 109 Å². The van der Waals surface area contributed by atoms with Crippen molar-refractivity contribution in [2.24, 2.45) is 0 Å². The van der Waals surface area contributed by atoms with Crippen molar-refractivity contribution < 1.29 is 9.52 Å². The molecule has 0 saturated carbocycles. The highest BCUT2D eigenvalue weighted by atomic mass is 32.1. The van der Waals surface area contributed by atoms with E-state index in [1.165, 1.54) is 11.3 Å². The van der Waals surface area contributed by atoms with Crippen molar-refractivity contribution in [3.05, 3.63) is 46.0 Å². The van der Waals surface area contributed by atoms with Gasteiger partial charge in [0.25, 0.3) is 0 Å². The van der Waals surface area contributed by atoms with Gasteiger partial charge < -0.3 is 14.8 Å². The first-order valence-corrected chi connectivity index (χ1v) is 6.47. The summed E-state index contributed by atoms with van der Waals surface area (Å²) in [5.41, 5.74) is 0. The van der Waals surface area contributed by atoms with Crippen molar-refractivity contribution in [2.75, 3.05) is 6.54 Å². The van der Waals surface area contributed by atoms with Crippen molar-refractivity contribution in [3.8, 4) is 6.07 Å². The van der Waals surface area contributed by atoms with Gasteiger partial charge in [-0.25, -0.2) is 0 Å². The van der Waals surface area contributed by atoms with E-state index in [0.29, 0.717) is 17.2 Å². The summed E-state index contributed by atoms with van der Waals surface area (Å²) in [6.07, 6.45) is 0.887. The third kappa shape index (κ3) is 2.99. The fourth-order valence-electron chi connectivity index (χ4n) is 1.62. The Morgan fingerprint density at radius 1 is 1.50 bits per heavy atom. The van der Waals surface area contributed by atoms with Gasteiger partial charge in [-0.15, -0.1) is 11.3 Å². The Balaban J connectivity index is 1.88. The Bertz CT molecular complexity index is 527. The van der Waals surface area contributed by atoms with Crippen LogP contribution in [0.25, 0.3) is 0 Å². The van der Waals surface area contributed by atoms with E-state index in [9.17, 15) is 5.11 Å². The topological polar surface area (TPSA) is 69.2 Å². The lowest BCUT2D eigenvalue weighted by atomic mass is 10.2. The van der Waals surface area contributed by atoms with Gasteiger partial charge in [-0.05, 0) is 31.2 Å². The summed E-state index contributed by atoms with van der Waals surface area (Å²) in [6, 6.07) is 9.45. The molecule has 0 bridgehead atoms. The fraction of sp³-hybridized carbons (Fsp3) is 0.308. The number of nitrogens with zero attached hydrogens (tertiary/aromatic N) is 1. The van der Waals surface area contributed by atoms with Crippen LogP contribution in [0, 0.1) is 11.3 Å². The third-order valence-electron chi connectivity index (χ3n) is 2.65. The van der Waals surface area contributed by atoms with E-state index >= 15 is 0 Å². The van der Waals surface area contributed by atoms with Gasteiger partial charge in [0.2, 0.25) is 0 Å². The van der Waals surface area contributed by atoms with Crippen LogP contribution in [0.2, 0.25) is 0 Å². The van der Waals surface area contributed by atoms with Gasteiger partial charge in [-0.1, -0.05) is 0 Å². The molecule has 94 valence electrons. The van der Waals surface area contributed by atoms with E-state index in [2.05, 4.69) is 11.4 Å². The predicted molar refractivity (Wildman–Crippen MR) is 69.1 cm³/mol. The van der Waals surface area contributed by atoms with E-state index in [1.54, 1.807) is 24.5 Å². The highest BCUT2D eigenvalue weighted by Gasteiger charge is 2.13. The van der Waals surface area contributed by atoms with Gasteiger partial charge in [0.1, 0.15) is 22.8 Å². The smallest absolute Gasteiger partial charge is 0.133 e. The highest BCUT2D eigenvalue weighted by Crippen LogP contribution is 2.23. The molecule has 2 heterocycles. The summed E-state index contributed by atoms with van der Waals surface area (Å²) >= 11 is 1.46. The van der Waals surface area contributed by atoms with Crippen molar-refractivity contribution in [3.63, 3.8) is 0 Å². The van der Waals surface area contributed by atoms with Crippen LogP contribution in [0.4, 0.5) is 0 Å². The second kappa shape index (κ2) is 5.83. The number of hydrogen-bond acceptors (Lipinski definition) is 5. The first kappa shape index (κ1) is 12.8. The van der Waals surface area contributed by atoms with Crippen molar-refractivity contribution >= 4 is 11.3 Å². The monoisotopic (exact) mass is 262 g/mol. The Hall–Kier alpha value is -1.61. The Morgan fingerprint density at radius 3 is 2.94 bits per heavy atom. The zero-order chi connectivity index (χ0) is 13.0. The van der Waals surface area contributed by atoms with Crippen LogP contribution in [0.3, 0.4) is 0 Å². The lowest BCUT2D eigenvalue weighted by Gasteiger charge is -2.14. The molecular formula is C13H14N2O2S. The number of furan rings is 1. The van der Waals surface area contributed by atoms with E-state index < -0.39 is 6.10 Å². The molecule has 2 rings (SSSR count). The zero-order valence-electron chi connectivity index (χ0n) is 9.96. The number of rotatable bonds is 5. The summed E-state index contributed by atoms with van der Waals surface area (Å²) in [4.78, 5) is 1.78. The van der Waals surface area contributed by atoms with Gasteiger partial charge in [-0.2, -0.15) is 5.26 Å². The molecule has 2 N–H and O–H groups in total. The quantitative estimate of drug-likeness (QED) is 0.869. The average Bonchev–Trinajstić information content (AvgIpc) is 3.05. The minimum absolute atomic E-state index is 0.0988. The van der Waals surface area contributed by atoms with Crippen molar-refractivity contribution in [1.29, 1.82) is 5.26 Å². The summed E-state index contributed by atoms with van der Waals surface area (Å²) in [6.45, 7) is 2.41. The molecule has 2 aromatic heterocycles. The molecule has 0 aliphatic carbocycles. The summed E-state index contributed by atoms with van der Waals surface area (Å²) < 4.78 is 5.12. The van der Waals surface area contributed by atoms with Crippen LogP contribution < -0.4 is 5.32 Å². The van der Waals surface area contributed by atoms with Crippen LogP contribution in [0.5, 0.6) is 0 Å². The molecule has 4 nitrogen and oxygen atoms in total. The second-order valence-electron chi connectivity index (χ2n) is 3.97. The van der Waals surface area contributed by atoms with Gasteiger partial charge >= 0.3 is 0 Å². The number of aliphatic hydroxyl groups excluding tert-OH is 1. The first-order valence-electron chi connectivity index (χ1n) is 5.65. The number of hydrogen-bond donors (Lipinski definition) is 2. The van der Waals surface area contributed by atoms with E-state index in [-0.39, 0.29) is 6.04 Å². The second-order valence-corrected chi connectivity index (χ2v) is 5.09. The van der Waals surface area contributed by atoms with Crippen LogP contribution in [0.15, 0.2) is 34.9 Å². The first-order chi connectivity index (χ1) is 8.70. The Kier molecular flexibility index (Phi) is 4.15. The van der Waals surface area contributed by atoms with Crippen molar-refractivity contribution in [1.82, 2.24) is 5.32 Å². The van der Waals surface area contributed by atoms with E-state index in [0.717, 1.165) is 4.88 Å². The lowest BCUT2D eigenvalue weighted by Crippen LogP contribution is -2.23. The standard InChI is InChI=1S/C13H14N2O2S/c1-9(13-5-4-10(7-14)18-13)15-8-11(16)12-3-2-6-17-12/h2-6,9,11,15-16H,8H2,1H3. The Morgan fingerprint density at radius 2 is 2.33 bits per heavy atom. The fourth-order valence-corrected chi connectivity index (χ4v) is 2.45. The summed E-state index contributed by atoms with van der Waals surface area (Å²) in [5, 5.41) is 21.8. The molecule has 0 fully saturated rings. The molecule has 2 aromatic rings. The summed E-state index contributed by atoms with van der Waals surface area (Å²) in [5.74, 6) is 0.554. The van der Waals surface area contributed by atoms with Crippen LogP contribution >= 0.6 is 11.3 Å². The minimum atomic E-state index is -0.655. The predicted octanol–water partition coefficient (Wildman–Crippen LogP) is 2.60. The molecule has 0 saturated heterocycles. The number of nitriles is 1. The van der Waals surface area contributed by atoms with Gasteiger partial charge in [-0.3, -0.25) is 0 Å². The van der Waals surface area contributed by atoms with Crippen LogP contribution in [-0.2, 0) is 0 Å². The molecular weight excluding hydrogens is 248 g/mol. The SMILES string of the molecule is CC(NCC(O)c1ccco1)c1ccc(C#N)s1. The van der Waals surface area contributed by atoms with Gasteiger partial charge in [0, 0.05) is 17.5 Å². The molecule has 0 radical (unpaired) electrons. The van der Waals surface area contributed by atoms with Gasteiger partial charge in [0.15, 0.2) is 0 Å². The minimum Gasteiger partial charge on any atom is -0.467 e. The molecule has 0 amide bonds. The molecule has 0 spiro atoms. The van der Waals surface area contributed by atoms with E-state index in [1.807, 2.05) is 13.0 Å². The van der Waals surface area contributed by atoms with Crippen LogP contribution in [0.1, 0.15) is 34.6 Å². The molecule has 2 unspecified atom stereocenters. The normalized spacial score (nSPS) is 14.1. The lowest BCUT2D eigenvalue weighted by molar-refractivity contribution is 0.144. The molecule has 0 aromatic carbocycles. The molecule has 0 aliphatic heterocycles. The molecule has 5 heteroatoms. The molecule has 18 heavy (non-hydrogen) atoms. The van der Waals surface area contributed by atoms with Gasteiger partial charge in [0.05, 0.1) is 6.26 Å². The summed E-state index contributed by atoms with van der Waals surface area (Å²) in [7, 11) is 0. The largest absolute Gasteiger partial charge is 0.467 e. The molecule has 0 aliphatic rings. The van der Waals surface area contributed by atoms with E-state index in [4.69, 9.17) is 9.68 Å². The maximum absolute atomic E-state index is 9.85. The highest BCUT2D eigenvalue weighted by molar-refractivity contribution is 7.12. The molecule has 2 atom stereocenters. The third-order valence-corrected chi connectivity index (χ3v) is 3.83.